The molecule has 4 heteroatoms. The molecule has 18 heavy (non-hydrogen) atoms. The molecule has 0 radical (unpaired) electrons. The van der Waals surface area contributed by atoms with E-state index < -0.39 is 0 Å². The van der Waals surface area contributed by atoms with Crippen LogP contribution in [0.4, 0.5) is 0 Å². The number of amides is 1. The van der Waals surface area contributed by atoms with Crippen molar-refractivity contribution in [3.8, 4) is 11.8 Å². The number of rotatable bonds is 3. The molecule has 0 spiro atoms. The van der Waals surface area contributed by atoms with E-state index in [9.17, 15) is 4.79 Å². The Bertz CT molecular complexity index is 483. The first-order valence-electron chi connectivity index (χ1n) is 6.19. The van der Waals surface area contributed by atoms with Crippen LogP contribution in [0.15, 0.2) is 12.1 Å². The summed E-state index contributed by atoms with van der Waals surface area (Å²) in [4.78, 5) is 15.8. The van der Waals surface area contributed by atoms with Gasteiger partial charge in [-0.05, 0) is 18.1 Å². The van der Waals surface area contributed by atoms with Gasteiger partial charge in [0.05, 0.1) is 11.4 Å². The van der Waals surface area contributed by atoms with E-state index in [-0.39, 0.29) is 12.5 Å². The summed E-state index contributed by atoms with van der Waals surface area (Å²) >= 11 is 1.59. The van der Waals surface area contributed by atoms with Crippen LogP contribution in [0.1, 0.15) is 29.5 Å². The zero-order valence-electron chi connectivity index (χ0n) is 10.5. The lowest BCUT2D eigenvalue weighted by atomic mass is 10.1. The SMILES string of the molecule is CCC1CC(=O)N(Cc2ccc(C#CCO)s2)C1. The monoisotopic (exact) mass is 263 g/mol. The van der Waals surface area contributed by atoms with Gasteiger partial charge in [0, 0.05) is 17.8 Å². The third-order valence-electron chi connectivity index (χ3n) is 3.17. The maximum absolute atomic E-state index is 11.8. The van der Waals surface area contributed by atoms with Gasteiger partial charge in [-0.1, -0.05) is 25.2 Å². The van der Waals surface area contributed by atoms with Crippen LogP contribution in [0.2, 0.25) is 0 Å². The predicted molar refractivity (Wildman–Crippen MR) is 72.1 cm³/mol. The minimum absolute atomic E-state index is 0.115. The van der Waals surface area contributed by atoms with E-state index in [1.54, 1.807) is 11.3 Å². The van der Waals surface area contributed by atoms with E-state index in [1.165, 1.54) is 0 Å². The molecule has 96 valence electrons. The molecule has 2 rings (SSSR count). The van der Waals surface area contributed by atoms with Crippen LogP contribution in [0.5, 0.6) is 0 Å². The van der Waals surface area contributed by atoms with Crippen molar-refractivity contribution in [3.05, 3.63) is 21.9 Å². The Morgan fingerprint density at radius 2 is 2.39 bits per heavy atom. The van der Waals surface area contributed by atoms with Crippen LogP contribution >= 0.6 is 11.3 Å². The van der Waals surface area contributed by atoms with Crippen molar-refractivity contribution in [3.63, 3.8) is 0 Å². The Morgan fingerprint density at radius 1 is 1.56 bits per heavy atom. The second kappa shape index (κ2) is 6.03. The number of nitrogens with zero attached hydrogens (tertiary/aromatic N) is 1. The zero-order valence-corrected chi connectivity index (χ0v) is 11.3. The average Bonchev–Trinajstić information content (AvgIpc) is 2.95. The fourth-order valence-electron chi connectivity index (χ4n) is 2.13. The van der Waals surface area contributed by atoms with Crippen LogP contribution in [0, 0.1) is 17.8 Å². The Morgan fingerprint density at radius 3 is 3.06 bits per heavy atom. The van der Waals surface area contributed by atoms with Crippen molar-refractivity contribution in [2.24, 2.45) is 5.92 Å². The fourth-order valence-corrected chi connectivity index (χ4v) is 3.02. The van der Waals surface area contributed by atoms with Gasteiger partial charge in [0.2, 0.25) is 5.91 Å². The van der Waals surface area contributed by atoms with Crippen LogP contribution in [0.25, 0.3) is 0 Å². The maximum Gasteiger partial charge on any atom is 0.223 e. The van der Waals surface area contributed by atoms with Crippen molar-refractivity contribution in [1.29, 1.82) is 0 Å². The quantitative estimate of drug-likeness (QED) is 0.846. The standard InChI is InChI=1S/C14H17NO2S/c1-2-11-8-14(17)15(9-11)10-13-6-5-12(18-13)4-3-7-16/h5-6,11,16H,2,7-10H2,1H3. The highest BCUT2D eigenvalue weighted by atomic mass is 32.1. The summed E-state index contributed by atoms with van der Waals surface area (Å²) in [5, 5.41) is 8.63. The third kappa shape index (κ3) is 3.12. The summed E-state index contributed by atoms with van der Waals surface area (Å²) in [5.74, 6) is 6.30. The first-order valence-corrected chi connectivity index (χ1v) is 7.00. The molecule has 1 unspecified atom stereocenters. The molecule has 0 aromatic carbocycles. The molecule has 1 aromatic heterocycles. The summed E-state index contributed by atoms with van der Waals surface area (Å²) in [6.07, 6.45) is 1.76. The Balaban J connectivity index is 1.97. The molecule has 1 N–H and O–H groups in total. The van der Waals surface area contributed by atoms with Crippen LogP contribution in [0.3, 0.4) is 0 Å². The van der Waals surface area contributed by atoms with Crippen molar-refractivity contribution < 1.29 is 9.90 Å². The van der Waals surface area contributed by atoms with E-state index in [2.05, 4.69) is 18.8 Å². The number of hydrogen-bond acceptors (Lipinski definition) is 3. The zero-order chi connectivity index (χ0) is 13.0. The van der Waals surface area contributed by atoms with Gasteiger partial charge < -0.3 is 10.0 Å². The smallest absolute Gasteiger partial charge is 0.223 e. The van der Waals surface area contributed by atoms with Crippen molar-refractivity contribution in [2.45, 2.75) is 26.3 Å². The topological polar surface area (TPSA) is 40.5 Å². The second-order valence-corrected chi connectivity index (χ2v) is 5.65. The molecule has 1 aliphatic heterocycles. The first-order chi connectivity index (χ1) is 8.72. The molecule has 0 bridgehead atoms. The second-order valence-electron chi connectivity index (χ2n) is 4.48. The van der Waals surface area contributed by atoms with Gasteiger partial charge in [0.25, 0.3) is 0 Å². The van der Waals surface area contributed by atoms with Gasteiger partial charge in [-0.2, -0.15) is 0 Å². The molecule has 3 nitrogen and oxygen atoms in total. The lowest BCUT2D eigenvalue weighted by molar-refractivity contribution is -0.128. The van der Waals surface area contributed by atoms with E-state index in [0.717, 1.165) is 22.7 Å². The number of carbonyl (C=O) groups excluding carboxylic acids is 1. The number of thiophene rings is 1. The Kier molecular flexibility index (Phi) is 4.40. The van der Waals surface area contributed by atoms with Gasteiger partial charge in [-0.25, -0.2) is 0 Å². The van der Waals surface area contributed by atoms with Crippen LogP contribution in [-0.2, 0) is 11.3 Å². The normalized spacial score (nSPS) is 18.9. The Labute approximate surface area is 111 Å². The average molecular weight is 263 g/mol. The van der Waals surface area contributed by atoms with Crippen molar-refractivity contribution in [1.82, 2.24) is 4.90 Å². The van der Waals surface area contributed by atoms with E-state index in [4.69, 9.17) is 5.11 Å². The van der Waals surface area contributed by atoms with E-state index in [1.807, 2.05) is 17.0 Å². The summed E-state index contributed by atoms with van der Waals surface area (Å²) < 4.78 is 0. The molecule has 0 saturated carbocycles. The van der Waals surface area contributed by atoms with Crippen LogP contribution in [-0.4, -0.2) is 29.1 Å². The highest BCUT2D eigenvalue weighted by Crippen LogP contribution is 2.24. The van der Waals surface area contributed by atoms with Gasteiger partial charge >= 0.3 is 0 Å². The van der Waals surface area contributed by atoms with Gasteiger partial charge in [-0.3, -0.25) is 4.79 Å². The third-order valence-corrected chi connectivity index (χ3v) is 4.16. The minimum Gasteiger partial charge on any atom is -0.384 e. The van der Waals surface area contributed by atoms with E-state index >= 15 is 0 Å². The van der Waals surface area contributed by atoms with Gasteiger partial charge in [0.15, 0.2) is 0 Å². The highest BCUT2D eigenvalue weighted by molar-refractivity contribution is 7.12. The Hall–Kier alpha value is -1.31. The minimum atomic E-state index is -0.115. The molecule has 1 saturated heterocycles. The van der Waals surface area contributed by atoms with Crippen molar-refractivity contribution in [2.75, 3.05) is 13.2 Å². The molecule has 1 atom stereocenters. The molecular formula is C14H17NO2S. The van der Waals surface area contributed by atoms with E-state index in [0.29, 0.717) is 18.9 Å². The number of aliphatic hydroxyl groups is 1. The summed E-state index contributed by atoms with van der Waals surface area (Å²) in [6.45, 7) is 3.59. The largest absolute Gasteiger partial charge is 0.384 e. The van der Waals surface area contributed by atoms with Gasteiger partial charge in [0.1, 0.15) is 6.61 Å². The summed E-state index contributed by atoms with van der Waals surface area (Å²) in [6, 6.07) is 3.96. The molecule has 1 aliphatic rings. The number of aliphatic hydroxyl groups excluding tert-OH is 1. The lowest BCUT2D eigenvalue weighted by Crippen LogP contribution is -2.23. The molecule has 0 aliphatic carbocycles. The summed E-state index contributed by atoms with van der Waals surface area (Å²) in [5.41, 5.74) is 0. The molecular weight excluding hydrogens is 246 g/mol. The number of likely N-dealkylation sites (tertiary alicyclic amines) is 1. The first kappa shape index (κ1) is 13.1. The molecule has 1 aromatic rings. The number of carbonyl (C=O) groups is 1. The summed E-state index contributed by atoms with van der Waals surface area (Å²) in [7, 11) is 0. The van der Waals surface area contributed by atoms with Gasteiger partial charge in [-0.15, -0.1) is 11.3 Å². The number of hydrogen-bond donors (Lipinski definition) is 1. The fraction of sp³-hybridized carbons (Fsp3) is 0.500. The molecule has 2 heterocycles. The van der Waals surface area contributed by atoms with Crippen LogP contribution < -0.4 is 0 Å². The maximum atomic E-state index is 11.8. The highest BCUT2D eigenvalue weighted by Gasteiger charge is 2.28. The lowest BCUT2D eigenvalue weighted by Gasteiger charge is -2.14. The molecule has 1 amide bonds. The predicted octanol–water partition coefficient (Wildman–Crippen LogP) is 1.85. The van der Waals surface area contributed by atoms with Crippen molar-refractivity contribution >= 4 is 17.2 Å². The molecule has 1 fully saturated rings.